The predicted octanol–water partition coefficient (Wildman–Crippen LogP) is 4.44. The standard InChI is InChI=1S/C26H35N3O3/c1-18(2)21-11-10-20(5)16-24(21)32-17-25(30)27-22-8-6-7-9-23(22)28-12-14-29(15-13-28)26(31)19(3)4/h6-11,16,18-19H,12-15,17H2,1-5H3,(H,27,30). The van der Waals surface area contributed by atoms with E-state index in [1.54, 1.807) is 0 Å². The zero-order valence-corrected chi connectivity index (χ0v) is 19.9. The molecular weight excluding hydrogens is 402 g/mol. The van der Waals surface area contributed by atoms with E-state index in [0.717, 1.165) is 41.3 Å². The van der Waals surface area contributed by atoms with E-state index >= 15 is 0 Å². The van der Waals surface area contributed by atoms with Crippen molar-refractivity contribution in [3.8, 4) is 5.75 Å². The van der Waals surface area contributed by atoms with E-state index in [-0.39, 0.29) is 24.3 Å². The van der Waals surface area contributed by atoms with E-state index in [9.17, 15) is 9.59 Å². The van der Waals surface area contributed by atoms with Gasteiger partial charge in [0.15, 0.2) is 6.61 Å². The van der Waals surface area contributed by atoms with Crippen molar-refractivity contribution in [1.82, 2.24) is 4.90 Å². The molecule has 2 aromatic rings. The maximum Gasteiger partial charge on any atom is 0.262 e. The molecule has 2 amide bonds. The molecule has 1 saturated heterocycles. The number of nitrogens with one attached hydrogen (secondary N) is 1. The topological polar surface area (TPSA) is 61.9 Å². The lowest BCUT2D eigenvalue weighted by Gasteiger charge is -2.37. The fourth-order valence-corrected chi connectivity index (χ4v) is 3.96. The summed E-state index contributed by atoms with van der Waals surface area (Å²) in [5.41, 5.74) is 3.93. The first-order chi connectivity index (χ1) is 15.3. The number of hydrogen-bond donors (Lipinski definition) is 1. The molecule has 0 spiro atoms. The van der Waals surface area contributed by atoms with Gasteiger partial charge in [0.1, 0.15) is 5.75 Å². The number of benzene rings is 2. The van der Waals surface area contributed by atoms with Crippen LogP contribution in [0.15, 0.2) is 42.5 Å². The Kier molecular flexibility index (Phi) is 7.78. The number of piperazine rings is 1. The molecule has 0 aliphatic carbocycles. The van der Waals surface area contributed by atoms with Crippen LogP contribution in [0.5, 0.6) is 5.75 Å². The van der Waals surface area contributed by atoms with Gasteiger partial charge in [-0.1, -0.05) is 52.0 Å². The highest BCUT2D eigenvalue weighted by Gasteiger charge is 2.24. The predicted molar refractivity (Wildman–Crippen MR) is 129 cm³/mol. The number of amides is 2. The van der Waals surface area contributed by atoms with Gasteiger partial charge in [0.2, 0.25) is 5.91 Å². The molecule has 32 heavy (non-hydrogen) atoms. The average molecular weight is 438 g/mol. The SMILES string of the molecule is Cc1ccc(C(C)C)c(OCC(=O)Nc2ccccc2N2CCN(C(=O)C(C)C)CC2)c1. The summed E-state index contributed by atoms with van der Waals surface area (Å²) in [4.78, 5) is 29.1. The lowest BCUT2D eigenvalue weighted by atomic mass is 10.0. The van der Waals surface area contributed by atoms with Crippen LogP contribution in [0.4, 0.5) is 11.4 Å². The Morgan fingerprint density at radius 3 is 2.34 bits per heavy atom. The Labute approximate surface area is 191 Å². The van der Waals surface area contributed by atoms with E-state index in [1.165, 1.54) is 0 Å². The number of rotatable bonds is 7. The first-order valence-corrected chi connectivity index (χ1v) is 11.4. The summed E-state index contributed by atoms with van der Waals surface area (Å²) in [5.74, 6) is 1.09. The van der Waals surface area contributed by atoms with Crippen LogP contribution >= 0.6 is 0 Å². The van der Waals surface area contributed by atoms with Gasteiger partial charge >= 0.3 is 0 Å². The number of ether oxygens (including phenoxy) is 1. The van der Waals surface area contributed by atoms with Crippen molar-refractivity contribution in [2.45, 2.75) is 40.5 Å². The van der Waals surface area contributed by atoms with Gasteiger partial charge in [-0.2, -0.15) is 0 Å². The molecule has 1 aliphatic rings. The molecule has 6 nitrogen and oxygen atoms in total. The second-order valence-corrected chi connectivity index (χ2v) is 9.02. The van der Waals surface area contributed by atoms with Crippen molar-refractivity contribution >= 4 is 23.2 Å². The second-order valence-electron chi connectivity index (χ2n) is 9.02. The lowest BCUT2D eigenvalue weighted by Crippen LogP contribution is -2.50. The zero-order valence-electron chi connectivity index (χ0n) is 19.9. The average Bonchev–Trinajstić information content (AvgIpc) is 2.77. The van der Waals surface area contributed by atoms with Crippen LogP contribution in [0, 0.1) is 12.8 Å². The Morgan fingerprint density at radius 2 is 1.69 bits per heavy atom. The van der Waals surface area contributed by atoms with Gasteiger partial charge in [-0.3, -0.25) is 9.59 Å². The summed E-state index contributed by atoms with van der Waals surface area (Å²) in [6, 6.07) is 13.9. The fraction of sp³-hybridized carbons (Fsp3) is 0.462. The van der Waals surface area contributed by atoms with Gasteiger partial charge in [0.05, 0.1) is 11.4 Å². The molecule has 1 fully saturated rings. The molecule has 0 aromatic heterocycles. The van der Waals surface area contributed by atoms with Crippen molar-refractivity contribution in [1.29, 1.82) is 0 Å². The number of anilines is 2. The van der Waals surface area contributed by atoms with Crippen molar-refractivity contribution in [2.75, 3.05) is 43.0 Å². The molecule has 1 heterocycles. The van der Waals surface area contributed by atoms with Crippen LogP contribution in [0.2, 0.25) is 0 Å². The van der Waals surface area contributed by atoms with E-state index in [2.05, 4.69) is 36.2 Å². The first kappa shape index (κ1) is 23.6. The van der Waals surface area contributed by atoms with Gasteiger partial charge in [0.25, 0.3) is 5.91 Å². The van der Waals surface area contributed by atoms with Crippen LogP contribution in [0.25, 0.3) is 0 Å². The largest absolute Gasteiger partial charge is 0.483 e. The normalized spacial score (nSPS) is 14.1. The minimum atomic E-state index is -0.192. The Hall–Kier alpha value is -3.02. The van der Waals surface area contributed by atoms with E-state index in [0.29, 0.717) is 19.0 Å². The van der Waals surface area contributed by atoms with Crippen molar-refractivity contribution < 1.29 is 14.3 Å². The number of aryl methyl sites for hydroxylation is 1. The molecule has 0 radical (unpaired) electrons. The van der Waals surface area contributed by atoms with Crippen LogP contribution in [0.3, 0.4) is 0 Å². The quantitative estimate of drug-likeness (QED) is 0.696. The number of carbonyl (C=O) groups excluding carboxylic acids is 2. The summed E-state index contributed by atoms with van der Waals surface area (Å²) in [7, 11) is 0. The van der Waals surface area contributed by atoms with Gasteiger partial charge in [-0.25, -0.2) is 0 Å². The van der Waals surface area contributed by atoms with Gasteiger partial charge < -0.3 is 19.9 Å². The third-order valence-electron chi connectivity index (χ3n) is 5.75. The Bertz CT molecular complexity index is 947. The smallest absolute Gasteiger partial charge is 0.262 e. The van der Waals surface area contributed by atoms with E-state index in [1.807, 2.05) is 56.0 Å². The molecule has 0 unspecified atom stereocenters. The summed E-state index contributed by atoms with van der Waals surface area (Å²) in [6.45, 7) is 12.9. The highest BCUT2D eigenvalue weighted by atomic mass is 16.5. The van der Waals surface area contributed by atoms with Gasteiger partial charge in [-0.15, -0.1) is 0 Å². The Balaban J connectivity index is 1.63. The summed E-state index contributed by atoms with van der Waals surface area (Å²) in [5, 5.41) is 3.01. The lowest BCUT2D eigenvalue weighted by molar-refractivity contribution is -0.134. The Morgan fingerprint density at radius 1 is 1.00 bits per heavy atom. The monoisotopic (exact) mass is 437 g/mol. The molecular formula is C26H35N3O3. The minimum absolute atomic E-state index is 0.0118. The summed E-state index contributed by atoms with van der Waals surface area (Å²) >= 11 is 0. The van der Waals surface area contributed by atoms with Gasteiger partial charge in [-0.05, 0) is 42.2 Å². The molecule has 2 aromatic carbocycles. The molecule has 0 atom stereocenters. The van der Waals surface area contributed by atoms with Crippen LogP contribution in [-0.4, -0.2) is 49.5 Å². The molecule has 1 N–H and O–H groups in total. The third kappa shape index (κ3) is 5.81. The van der Waals surface area contributed by atoms with Crippen molar-refractivity contribution in [2.24, 2.45) is 5.92 Å². The minimum Gasteiger partial charge on any atom is -0.483 e. The first-order valence-electron chi connectivity index (χ1n) is 11.4. The van der Waals surface area contributed by atoms with E-state index in [4.69, 9.17) is 4.74 Å². The number of hydrogen-bond acceptors (Lipinski definition) is 4. The van der Waals surface area contributed by atoms with Crippen LogP contribution in [-0.2, 0) is 9.59 Å². The fourth-order valence-electron chi connectivity index (χ4n) is 3.96. The summed E-state index contributed by atoms with van der Waals surface area (Å²) in [6.07, 6.45) is 0. The van der Waals surface area contributed by atoms with Crippen molar-refractivity contribution in [3.05, 3.63) is 53.6 Å². The van der Waals surface area contributed by atoms with Gasteiger partial charge in [0, 0.05) is 32.1 Å². The van der Waals surface area contributed by atoms with Crippen molar-refractivity contribution in [3.63, 3.8) is 0 Å². The molecule has 0 saturated carbocycles. The molecule has 3 rings (SSSR count). The third-order valence-corrected chi connectivity index (χ3v) is 5.75. The number of carbonyl (C=O) groups is 2. The highest BCUT2D eigenvalue weighted by molar-refractivity contribution is 5.95. The number of nitrogens with zero attached hydrogens (tertiary/aromatic N) is 2. The van der Waals surface area contributed by atoms with E-state index < -0.39 is 0 Å². The summed E-state index contributed by atoms with van der Waals surface area (Å²) < 4.78 is 5.89. The molecule has 0 bridgehead atoms. The zero-order chi connectivity index (χ0) is 23.3. The molecule has 172 valence electrons. The van der Waals surface area contributed by atoms with Crippen LogP contribution < -0.4 is 15.0 Å². The highest BCUT2D eigenvalue weighted by Crippen LogP contribution is 2.29. The maximum absolute atomic E-state index is 12.7. The second kappa shape index (κ2) is 10.5. The molecule has 6 heteroatoms. The molecule has 1 aliphatic heterocycles. The number of para-hydroxylation sites is 2. The van der Waals surface area contributed by atoms with Crippen LogP contribution in [0.1, 0.15) is 44.7 Å². The maximum atomic E-state index is 12.7.